The minimum Gasteiger partial charge on any atom is -0.379 e. The number of carbonyl (C=O) groups is 1. The van der Waals surface area contributed by atoms with E-state index in [0.717, 1.165) is 39.1 Å². The van der Waals surface area contributed by atoms with Crippen molar-refractivity contribution in [2.45, 2.75) is 0 Å². The summed E-state index contributed by atoms with van der Waals surface area (Å²) >= 11 is 0. The number of hydrogen-bond acceptors (Lipinski definition) is 4. The van der Waals surface area contributed by atoms with Gasteiger partial charge in [0, 0.05) is 19.6 Å². The molecule has 0 aromatic carbocycles. The zero-order valence-corrected chi connectivity index (χ0v) is 7.20. The third-order valence-electron chi connectivity index (χ3n) is 1.84. The normalized spacial score (nSPS) is 19.3. The lowest BCUT2D eigenvalue weighted by molar-refractivity contribution is -0.112. The molecule has 0 atom stereocenters. The molecule has 12 heavy (non-hydrogen) atoms. The molecule has 1 heterocycles. The minimum atomic E-state index is 0.213. The molecule has 0 N–H and O–H groups in total. The molecular formula is C8H15NO3. The zero-order chi connectivity index (χ0) is 8.65. The molecule has 4 nitrogen and oxygen atoms in total. The Hall–Kier alpha value is -0.450. The highest BCUT2D eigenvalue weighted by Crippen LogP contribution is 1.95. The fourth-order valence-corrected chi connectivity index (χ4v) is 1.15. The van der Waals surface area contributed by atoms with Crippen molar-refractivity contribution in [2.75, 3.05) is 46.1 Å². The fraction of sp³-hybridized carbons (Fsp3) is 0.875. The average molecular weight is 173 g/mol. The molecule has 70 valence electrons. The van der Waals surface area contributed by atoms with E-state index in [1.54, 1.807) is 0 Å². The van der Waals surface area contributed by atoms with Gasteiger partial charge in [0.15, 0.2) is 0 Å². The molecule has 1 rings (SSSR count). The third kappa shape index (κ3) is 3.80. The van der Waals surface area contributed by atoms with Crippen LogP contribution in [0.2, 0.25) is 0 Å². The topological polar surface area (TPSA) is 38.8 Å². The number of hydrogen-bond donors (Lipinski definition) is 0. The van der Waals surface area contributed by atoms with Crippen LogP contribution >= 0.6 is 0 Å². The first kappa shape index (κ1) is 9.64. The van der Waals surface area contributed by atoms with Gasteiger partial charge in [-0.25, -0.2) is 0 Å². The van der Waals surface area contributed by atoms with Gasteiger partial charge in [-0.2, -0.15) is 0 Å². The van der Waals surface area contributed by atoms with E-state index in [1.165, 1.54) is 0 Å². The second-order valence-corrected chi connectivity index (χ2v) is 2.70. The standard InChI is InChI=1S/C8H15NO3/c10-4-8-12-7-3-9-1-5-11-6-2-9/h4H,1-3,5-8H2. The van der Waals surface area contributed by atoms with Crippen LogP contribution < -0.4 is 0 Å². The summed E-state index contributed by atoms with van der Waals surface area (Å²) in [7, 11) is 0. The van der Waals surface area contributed by atoms with Gasteiger partial charge in [-0.05, 0) is 0 Å². The number of aldehydes is 1. The van der Waals surface area contributed by atoms with Crippen LogP contribution in [0, 0.1) is 0 Å². The lowest BCUT2D eigenvalue weighted by Gasteiger charge is -2.26. The molecule has 0 saturated carbocycles. The first-order valence-corrected chi connectivity index (χ1v) is 4.25. The second kappa shape index (κ2) is 6.11. The number of carbonyl (C=O) groups excluding carboxylic acids is 1. The monoisotopic (exact) mass is 173 g/mol. The van der Waals surface area contributed by atoms with Crippen molar-refractivity contribution in [1.29, 1.82) is 0 Å². The summed E-state index contributed by atoms with van der Waals surface area (Å²) in [4.78, 5) is 12.2. The summed E-state index contributed by atoms with van der Waals surface area (Å²) in [5, 5.41) is 0. The largest absolute Gasteiger partial charge is 0.379 e. The van der Waals surface area contributed by atoms with Crippen molar-refractivity contribution >= 4 is 6.29 Å². The Kier molecular flexibility index (Phi) is 4.91. The maximum Gasteiger partial charge on any atom is 0.145 e. The van der Waals surface area contributed by atoms with Crippen molar-refractivity contribution in [3.63, 3.8) is 0 Å². The van der Waals surface area contributed by atoms with E-state index in [1.807, 2.05) is 0 Å². The smallest absolute Gasteiger partial charge is 0.145 e. The van der Waals surface area contributed by atoms with E-state index in [-0.39, 0.29) is 6.61 Å². The minimum absolute atomic E-state index is 0.213. The van der Waals surface area contributed by atoms with Crippen LogP contribution in [0.4, 0.5) is 0 Å². The number of ether oxygens (including phenoxy) is 2. The van der Waals surface area contributed by atoms with Crippen LogP contribution in [-0.2, 0) is 14.3 Å². The molecule has 0 spiro atoms. The van der Waals surface area contributed by atoms with Gasteiger partial charge < -0.3 is 14.3 Å². The molecule has 1 aliphatic rings. The molecule has 1 saturated heterocycles. The van der Waals surface area contributed by atoms with Crippen LogP contribution in [0.15, 0.2) is 0 Å². The molecule has 0 unspecified atom stereocenters. The van der Waals surface area contributed by atoms with Gasteiger partial charge in [0.2, 0.25) is 0 Å². The van der Waals surface area contributed by atoms with E-state index < -0.39 is 0 Å². The number of nitrogens with zero attached hydrogens (tertiary/aromatic N) is 1. The molecule has 1 fully saturated rings. The van der Waals surface area contributed by atoms with Crippen LogP contribution in [0.3, 0.4) is 0 Å². The molecule has 0 amide bonds. The van der Waals surface area contributed by atoms with Gasteiger partial charge in [0.1, 0.15) is 12.9 Å². The summed E-state index contributed by atoms with van der Waals surface area (Å²) in [5.41, 5.74) is 0. The van der Waals surface area contributed by atoms with Gasteiger partial charge in [0.25, 0.3) is 0 Å². The Balaban J connectivity index is 1.94. The maximum atomic E-state index is 9.90. The van der Waals surface area contributed by atoms with E-state index in [2.05, 4.69) is 4.90 Å². The van der Waals surface area contributed by atoms with Crippen LogP contribution in [0.5, 0.6) is 0 Å². The Morgan fingerprint density at radius 1 is 1.42 bits per heavy atom. The number of morpholine rings is 1. The predicted octanol–water partition coefficient (Wildman–Crippen LogP) is -0.466. The van der Waals surface area contributed by atoms with E-state index in [9.17, 15) is 4.79 Å². The highest BCUT2D eigenvalue weighted by atomic mass is 16.5. The van der Waals surface area contributed by atoms with Gasteiger partial charge in [-0.1, -0.05) is 0 Å². The highest BCUT2D eigenvalue weighted by molar-refractivity contribution is 5.50. The van der Waals surface area contributed by atoms with Crippen LogP contribution in [0.1, 0.15) is 0 Å². The summed E-state index contributed by atoms with van der Waals surface area (Å²) in [6.07, 6.45) is 0.777. The molecule has 0 radical (unpaired) electrons. The molecular weight excluding hydrogens is 158 g/mol. The molecule has 0 aromatic heterocycles. The molecule has 4 heteroatoms. The Bertz CT molecular complexity index is 123. The van der Waals surface area contributed by atoms with Crippen LogP contribution in [-0.4, -0.2) is 57.2 Å². The average Bonchev–Trinajstić information content (AvgIpc) is 2.14. The van der Waals surface area contributed by atoms with Crippen molar-refractivity contribution in [2.24, 2.45) is 0 Å². The Morgan fingerprint density at radius 2 is 2.17 bits per heavy atom. The number of rotatable bonds is 5. The summed E-state index contributed by atoms with van der Waals surface area (Å²) in [5.74, 6) is 0. The van der Waals surface area contributed by atoms with Crippen molar-refractivity contribution < 1.29 is 14.3 Å². The summed E-state index contributed by atoms with van der Waals surface area (Å²) in [6, 6.07) is 0. The van der Waals surface area contributed by atoms with Gasteiger partial charge in [-0.3, -0.25) is 4.90 Å². The van der Waals surface area contributed by atoms with Gasteiger partial charge in [-0.15, -0.1) is 0 Å². The van der Waals surface area contributed by atoms with Gasteiger partial charge >= 0.3 is 0 Å². The predicted molar refractivity (Wildman–Crippen MR) is 44.1 cm³/mol. The van der Waals surface area contributed by atoms with E-state index >= 15 is 0 Å². The lowest BCUT2D eigenvalue weighted by Crippen LogP contribution is -2.38. The van der Waals surface area contributed by atoms with Crippen LogP contribution in [0.25, 0.3) is 0 Å². The SMILES string of the molecule is O=CCOCCN1CCOCC1. The third-order valence-corrected chi connectivity index (χ3v) is 1.84. The van der Waals surface area contributed by atoms with E-state index in [4.69, 9.17) is 9.47 Å². The summed E-state index contributed by atoms with van der Waals surface area (Å²) in [6.45, 7) is 5.33. The van der Waals surface area contributed by atoms with Crippen molar-refractivity contribution in [3.8, 4) is 0 Å². The highest BCUT2D eigenvalue weighted by Gasteiger charge is 2.08. The molecule has 1 aliphatic heterocycles. The zero-order valence-electron chi connectivity index (χ0n) is 7.20. The lowest BCUT2D eigenvalue weighted by atomic mass is 10.4. The Labute approximate surface area is 72.4 Å². The van der Waals surface area contributed by atoms with Gasteiger partial charge in [0.05, 0.1) is 19.8 Å². The second-order valence-electron chi connectivity index (χ2n) is 2.70. The fourth-order valence-electron chi connectivity index (χ4n) is 1.15. The quantitative estimate of drug-likeness (QED) is 0.416. The van der Waals surface area contributed by atoms with Crippen molar-refractivity contribution in [3.05, 3.63) is 0 Å². The first-order chi connectivity index (χ1) is 5.93. The maximum absolute atomic E-state index is 9.90. The van der Waals surface area contributed by atoms with Crippen molar-refractivity contribution in [1.82, 2.24) is 4.90 Å². The summed E-state index contributed by atoms with van der Waals surface area (Å²) < 4.78 is 10.2. The molecule has 0 bridgehead atoms. The Morgan fingerprint density at radius 3 is 2.83 bits per heavy atom. The first-order valence-electron chi connectivity index (χ1n) is 4.25. The molecule has 0 aromatic rings. The molecule has 0 aliphatic carbocycles. The van der Waals surface area contributed by atoms with E-state index in [0.29, 0.717) is 6.61 Å².